The fraction of sp³-hybridized carbons (Fsp3) is 0.292. The molecular formula is C48H52Cl2F4N2Ti. The van der Waals surface area contributed by atoms with Crippen LogP contribution in [0.15, 0.2) is 133 Å². The Morgan fingerprint density at radius 3 is 1.12 bits per heavy atom. The third-order valence-electron chi connectivity index (χ3n) is 8.61. The van der Waals surface area contributed by atoms with Crippen LogP contribution in [0, 0.1) is 35.4 Å². The van der Waals surface area contributed by atoms with E-state index in [0.717, 1.165) is 75.6 Å². The van der Waals surface area contributed by atoms with Gasteiger partial charge >= 0.3 is 21.7 Å². The normalized spacial score (nSPS) is 10.1. The van der Waals surface area contributed by atoms with Crippen molar-refractivity contribution in [2.45, 2.75) is 78.3 Å². The number of unbranched alkanes of at least 4 members (excludes halogenated alkanes) is 6. The molecule has 300 valence electrons. The molecule has 2 nitrogen and oxygen atoms in total. The third kappa shape index (κ3) is 20.4. The van der Waals surface area contributed by atoms with Crippen LogP contribution in [0.1, 0.15) is 76.3 Å². The number of hydrogen-bond acceptors (Lipinski definition) is 2. The van der Waals surface area contributed by atoms with Gasteiger partial charge in [-0.2, -0.15) is 36.4 Å². The van der Waals surface area contributed by atoms with Crippen molar-refractivity contribution in [3.8, 4) is 0 Å². The minimum Gasteiger partial charge on any atom is -0.417 e. The molecule has 0 radical (unpaired) electrons. The Labute approximate surface area is 363 Å². The zero-order valence-electron chi connectivity index (χ0n) is 32.8. The summed E-state index contributed by atoms with van der Waals surface area (Å²) in [6.45, 7) is 6.86. The van der Waals surface area contributed by atoms with Crippen LogP contribution in [0.3, 0.4) is 0 Å². The third-order valence-corrected chi connectivity index (χ3v) is 9.12. The first-order valence-corrected chi connectivity index (χ1v) is 20.0. The Morgan fingerprint density at radius 2 is 0.842 bits per heavy atom. The molecule has 0 amide bonds. The van der Waals surface area contributed by atoms with Crippen molar-refractivity contribution < 1.29 is 39.3 Å². The van der Waals surface area contributed by atoms with Gasteiger partial charge in [0.1, 0.15) is 0 Å². The van der Waals surface area contributed by atoms with Gasteiger partial charge in [0.25, 0.3) is 0 Å². The first kappa shape index (κ1) is 49.3. The monoisotopic (exact) mass is 850 g/mol. The van der Waals surface area contributed by atoms with Crippen LogP contribution >= 0.6 is 23.2 Å². The number of benzene rings is 4. The molecule has 0 saturated carbocycles. The van der Waals surface area contributed by atoms with Crippen LogP contribution in [0.5, 0.6) is 0 Å². The van der Waals surface area contributed by atoms with Gasteiger partial charge < -0.3 is 9.80 Å². The molecule has 0 aromatic heterocycles. The number of halogens is 6. The van der Waals surface area contributed by atoms with E-state index in [1.54, 1.807) is 0 Å². The molecule has 0 saturated heterocycles. The fourth-order valence-electron chi connectivity index (χ4n) is 5.65. The summed E-state index contributed by atoms with van der Waals surface area (Å²) < 4.78 is 54.4. The molecule has 6 aromatic rings. The second-order valence-electron chi connectivity index (χ2n) is 13.2. The summed E-state index contributed by atoms with van der Waals surface area (Å²) in [5.74, 6) is -2.64. The first-order chi connectivity index (χ1) is 27.2. The minimum absolute atomic E-state index is 0. The first-order valence-electron chi connectivity index (χ1n) is 19.3. The van der Waals surface area contributed by atoms with Gasteiger partial charge in [-0.25, -0.2) is 41.8 Å². The SMILES string of the molecule is CCCCCCN(Cc1ccc(Cl)cc1)c1ccc(F)[c-]c1F.CCCCCCN(Cc1ccc(Cl)cc1)c1ccc(F)[c-]c1F.[Ti+4].c1cc[cH-]c1.c1cc[cH-]c1. The molecule has 0 bridgehead atoms. The van der Waals surface area contributed by atoms with E-state index in [-0.39, 0.29) is 21.7 Å². The van der Waals surface area contributed by atoms with E-state index in [0.29, 0.717) is 34.5 Å². The van der Waals surface area contributed by atoms with E-state index in [9.17, 15) is 17.6 Å². The maximum Gasteiger partial charge on any atom is 4.00 e. The van der Waals surface area contributed by atoms with Crippen LogP contribution in [-0.4, -0.2) is 13.1 Å². The maximum atomic E-state index is 14.1. The Kier molecular flexibility index (Phi) is 25.5. The molecule has 0 heterocycles. The zero-order valence-corrected chi connectivity index (χ0v) is 35.9. The van der Waals surface area contributed by atoms with Gasteiger partial charge in [-0.05, 0) is 59.6 Å². The molecule has 0 unspecified atom stereocenters. The standard InChI is InChI=1S/2C19H21ClF2N.2C5H5.Ti/c2*1-2-3-4-5-12-23(14-15-6-8-16(20)9-7-15)19-11-10-17(21)13-18(19)22;2*1-2-4-5-3-1;/h2*6-11H,2-5,12,14H2,1H3;2*1-5H;/q4*-1;+4. The molecule has 0 atom stereocenters. The van der Waals surface area contributed by atoms with Crippen LogP contribution in [0.4, 0.5) is 28.9 Å². The Bertz CT molecular complexity index is 1680. The van der Waals surface area contributed by atoms with Crippen LogP contribution in [0.25, 0.3) is 0 Å². The predicted molar refractivity (Wildman–Crippen MR) is 228 cm³/mol. The van der Waals surface area contributed by atoms with E-state index in [1.807, 2.05) is 119 Å². The molecule has 6 rings (SSSR count). The van der Waals surface area contributed by atoms with Crippen molar-refractivity contribution in [2.75, 3.05) is 22.9 Å². The predicted octanol–water partition coefficient (Wildman–Crippen LogP) is 14.8. The van der Waals surface area contributed by atoms with Gasteiger partial charge in [-0.3, -0.25) is 0 Å². The maximum absolute atomic E-state index is 14.1. The van der Waals surface area contributed by atoms with Crippen LogP contribution in [-0.2, 0) is 34.8 Å². The molecule has 57 heavy (non-hydrogen) atoms. The second-order valence-corrected chi connectivity index (χ2v) is 14.0. The molecule has 0 aliphatic heterocycles. The van der Waals surface area contributed by atoms with Gasteiger partial charge in [0, 0.05) is 59.5 Å². The summed E-state index contributed by atoms with van der Waals surface area (Å²) >= 11 is 11.8. The van der Waals surface area contributed by atoms with Gasteiger partial charge in [0.15, 0.2) is 0 Å². The summed E-state index contributed by atoms with van der Waals surface area (Å²) in [7, 11) is 0. The Hall–Kier alpha value is -3.81. The molecule has 0 spiro atoms. The van der Waals surface area contributed by atoms with Crippen molar-refractivity contribution in [1.29, 1.82) is 0 Å². The van der Waals surface area contributed by atoms with E-state index < -0.39 is 23.3 Å². The largest absolute Gasteiger partial charge is 4.00 e. The van der Waals surface area contributed by atoms with Crippen molar-refractivity contribution >= 4 is 34.6 Å². The number of hydrogen-bond donors (Lipinski definition) is 0. The zero-order chi connectivity index (χ0) is 40.4. The van der Waals surface area contributed by atoms with Crippen molar-refractivity contribution in [3.63, 3.8) is 0 Å². The van der Waals surface area contributed by atoms with E-state index in [2.05, 4.69) is 26.0 Å². The van der Waals surface area contributed by atoms with Crippen molar-refractivity contribution in [3.05, 3.63) is 190 Å². The molecule has 0 N–H and O–H groups in total. The molecule has 9 heteroatoms. The van der Waals surface area contributed by atoms with E-state index >= 15 is 0 Å². The summed E-state index contributed by atoms with van der Waals surface area (Å²) in [6.07, 6.45) is 8.75. The molecule has 0 aliphatic rings. The molecule has 0 aliphatic carbocycles. The summed E-state index contributed by atoms with van der Waals surface area (Å²) in [5, 5.41) is 1.34. The molecular weight excluding hydrogens is 799 g/mol. The number of nitrogens with zero attached hydrogens (tertiary/aromatic N) is 2. The topological polar surface area (TPSA) is 6.48 Å². The van der Waals surface area contributed by atoms with Crippen LogP contribution < -0.4 is 9.80 Å². The average Bonchev–Trinajstić information content (AvgIpc) is 3.98. The van der Waals surface area contributed by atoms with Crippen LogP contribution in [0.2, 0.25) is 10.0 Å². The van der Waals surface area contributed by atoms with Gasteiger partial charge in [-0.15, -0.1) is 36.4 Å². The Morgan fingerprint density at radius 1 is 0.491 bits per heavy atom. The Balaban J connectivity index is 0.000000310. The molecule has 0 fully saturated rings. The quantitative estimate of drug-likeness (QED) is 0.0414. The minimum atomic E-state index is -0.677. The smallest absolute Gasteiger partial charge is 0.417 e. The van der Waals surface area contributed by atoms with Crippen molar-refractivity contribution in [1.82, 2.24) is 0 Å². The van der Waals surface area contributed by atoms with Gasteiger partial charge in [-0.1, -0.05) is 99.8 Å². The summed E-state index contributed by atoms with van der Waals surface area (Å²) in [4.78, 5) is 3.87. The number of rotatable bonds is 16. The van der Waals surface area contributed by atoms with Gasteiger partial charge in [0.2, 0.25) is 0 Å². The summed E-state index contributed by atoms with van der Waals surface area (Å²) in [6, 6.07) is 44.7. The van der Waals surface area contributed by atoms with Crippen molar-refractivity contribution in [2.24, 2.45) is 0 Å². The van der Waals surface area contributed by atoms with E-state index in [1.165, 1.54) is 24.3 Å². The fourth-order valence-corrected chi connectivity index (χ4v) is 5.90. The van der Waals surface area contributed by atoms with Gasteiger partial charge in [0.05, 0.1) is 0 Å². The number of anilines is 2. The average molecular weight is 852 g/mol. The molecule has 6 aromatic carbocycles. The second kappa shape index (κ2) is 29.4. The summed E-state index contributed by atoms with van der Waals surface area (Å²) in [5.41, 5.74) is 2.85. The van der Waals surface area contributed by atoms with E-state index in [4.69, 9.17) is 23.2 Å².